The number of ether oxygens (including phenoxy) is 1. The van der Waals surface area contributed by atoms with Gasteiger partial charge in [0.1, 0.15) is 0 Å². The van der Waals surface area contributed by atoms with Gasteiger partial charge in [-0.2, -0.15) is 0 Å². The van der Waals surface area contributed by atoms with Crippen LogP contribution in [0.25, 0.3) is 0 Å². The van der Waals surface area contributed by atoms with Crippen molar-refractivity contribution in [3.63, 3.8) is 0 Å². The predicted molar refractivity (Wildman–Crippen MR) is 73.2 cm³/mol. The minimum absolute atomic E-state index is 0.235. The van der Waals surface area contributed by atoms with E-state index >= 15 is 0 Å². The zero-order chi connectivity index (χ0) is 13.0. The van der Waals surface area contributed by atoms with Crippen LogP contribution in [0.1, 0.15) is 46.0 Å². The molecule has 0 aromatic heterocycles. The summed E-state index contributed by atoms with van der Waals surface area (Å²) in [6, 6.07) is 0.443. The normalized spacial score (nSPS) is 31.5. The van der Waals surface area contributed by atoms with Crippen LogP contribution >= 0.6 is 0 Å². The first-order chi connectivity index (χ1) is 8.69. The molecule has 2 fully saturated rings. The molecule has 1 aliphatic heterocycles. The van der Waals surface area contributed by atoms with Gasteiger partial charge in [0.15, 0.2) is 0 Å². The molecule has 3 N–H and O–H groups in total. The Labute approximate surface area is 110 Å². The van der Waals surface area contributed by atoms with Gasteiger partial charge in [0.05, 0.1) is 18.2 Å². The summed E-state index contributed by atoms with van der Waals surface area (Å²) in [6.07, 6.45) is 6.80. The van der Waals surface area contributed by atoms with E-state index in [1.807, 2.05) is 0 Å². The third kappa shape index (κ3) is 3.59. The molecule has 2 atom stereocenters. The summed E-state index contributed by atoms with van der Waals surface area (Å²) in [5.41, 5.74) is 2.78. The van der Waals surface area contributed by atoms with Gasteiger partial charge < -0.3 is 9.64 Å². The Balaban J connectivity index is 1.99. The van der Waals surface area contributed by atoms with Crippen molar-refractivity contribution in [1.82, 2.24) is 10.3 Å². The third-order valence-electron chi connectivity index (χ3n) is 3.73. The summed E-state index contributed by atoms with van der Waals surface area (Å²) in [4.78, 5) is 7.01. The highest BCUT2D eigenvalue weighted by Gasteiger charge is 2.25. The van der Waals surface area contributed by atoms with Gasteiger partial charge in [-0.3, -0.25) is 5.43 Å². The molecule has 5 heteroatoms. The highest BCUT2D eigenvalue weighted by molar-refractivity contribution is 5.79. The first-order valence-corrected chi connectivity index (χ1v) is 7.14. The number of rotatable bonds is 1. The number of nitrogens with one attached hydrogen (secondary N) is 1. The summed E-state index contributed by atoms with van der Waals surface area (Å²) >= 11 is 0. The number of hydrazine groups is 1. The van der Waals surface area contributed by atoms with Crippen molar-refractivity contribution in [2.24, 2.45) is 10.8 Å². The Morgan fingerprint density at radius 1 is 1.17 bits per heavy atom. The van der Waals surface area contributed by atoms with Crippen LogP contribution < -0.4 is 11.3 Å². The Morgan fingerprint density at radius 2 is 1.78 bits per heavy atom. The van der Waals surface area contributed by atoms with E-state index in [1.54, 1.807) is 0 Å². The average Bonchev–Trinajstić information content (AvgIpc) is 2.36. The van der Waals surface area contributed by atoms with Crippen LogP contribution in [-0.4, -0.2) is 42.2 Å². The van der Waals surface area contributed by atoms with Crippen molar-refractivity contribution in [2.45, 2.75) is 64.2 Å². The van der Waals surface area contributed by atoms with Crippen molar-refractivity contribution in [3.8, 4) is 0 Å². The minimum Gasteiger partial charge on any atom is -0.372 e. The SMILES string of the molecule is C[C@@H]1CN(C(=NC2CCCCC2)NN)C[C@H](C)O1. The van der Waals surface area contributed by atoms with E-state index in [0.29, 0.717) is 6.04 Å². The van der Waals surface area contributed by atoms with Crippen molar-refractivity contribution >= 4 is 5.96 Å². The number of hydrogen-bond acceptors (Lipinski definition) is 3. The second-order valence-electron chi connectivity index (χ2n) is 5.55. The fourth-order valence-corrected chi connectivity index (χ4v) is 2.94. The van der Waals surface area contributed by atoms with Crippen LogP contribution in [0.5, 0.6) is 0 Å². The summed E-state index contributed by atoms with van der Waals surface area (Å²) in [5, 5.41) is 0. The molecule has 1 aliphatic carbocycles. The lowest BCUT2D eigenvalue weighted by molar-refractivity contribution is -0.0490. The quantitative estimate of drug-likeness (QED) is 0.320. The van der Waals surface area contributed by atoms with Crippen molar-refractivity contribution in [2.75, 3.05) is 13.1 Å². The molecule has 18 heavy (non-hydrogen) atoms. The van der Waals surface area contributed by atoms with Crippen LogP contribution in [-0.2, 0) is 4.74 Å². The second-order valence-corrected chi connectivity index (χ2v) is 5.55. The first kappa shape index (κ1) is 13.6. The van der Waals surface area contributed by atoms with Crippen LogP contribution in [0.4, 0.5) is 0 Å². The molecule has 0 bridgehead atoms. The van der Waals surface area contributed by atoms with Crippen LogP contribution in [0.3, 0.4) is 0 Å². The van der Waals surface area contributed by atoms with E-state index in [9.17, 15) is 0 Å². The Bertz CT molecular complexity index is 279. The van der Waals surface area contributed by atoms with Crippen LogP contribution in [0, 0.1) is 0 Å². The summed E-state index contributed by atoms with van der Waals surface area (Å²) in [7, 11) is 0. The van der Waals surface area contributed by atoms with Gasteiger partial charge in [-0.25, -0.2) is 10.8 Å². The molecule has 0 aromatic rings. The Hall–Kier alpha value is -0.810. The zero-order valence-electron chi connectivity index (χ0n) is 11.6. The Morgan fingerprint density at radius 3 is 2.33 bits per heavy atom. The van der Waals surface area contributed by atoms with Gasteiger partial charge in [-0.1, -0.05) is 19.3 Å². The molecule has 0 aromatic carbocycles. The molecule has 1 saturated carbocycles. The number of aliphatic imine (C=N–C) groups is 1. The van der Waals surface area contributed by atoms with E-state index in [1.165, 1.54) is 32.1 Å². The number of nitrogens with two attached hydrogens (primary N) is 1. The van der Waals surface area contributed by atoms with Gasteiger partial charge in [-0.05, 0) is 26.7 Å². The predicted octanol–water partition coefficient (Wildman–Crippen LogP) is 1.25. The molecule has 5 nitrogen and oxygen atoms in total. The van der Waals surface area contributed by atoms with Gasteiger partial charge in [-0.15, -0.1) is 0 Å². The van der Waals surface area contributed by atoms with Crippen LogP contribution in [0.15, 0.2) is 4.99 Å². The van der Waals surface area contributed by atoms with Crippen molar-refractivity contribution < 1.29 is 4.74 Å². The summed E-state index contributed by atoms with van der Waals surface area (Å²) in [6.45, 7) is 5.91. The maximum Gasteiger partial charge on any atom is 0.208 e. The first-order valence-electron chi connectivity index (χ1n) is 7.14. The number of guanidine groups is 1. The largest absolute Gasteiger partial charge is 0.372 e. The average molecular weight is 254 g/mol. The smallest absolute Gasteiger partial charge is 0.208 e. The standard InChI is InChI=1S/C13H26N4O/c1-10-8-17(9-11(2)18-10)13(16-14)15-12-6-4-3-5-7-12/h10-12H,3-9,14H2,1-2H3,(H,15,16)/t10-,11+. The second kappa shape index (κ2) is 6.38. The molecule has 1 saturated heterocycles. The van der Waals surface area contributed by atoms with Crippen molar-refractivity contribution in [1.29, 1.82) is 0 Å². The lowest BCUT2D eigenvalue weighted by Crippen LogP contribution is -2.54. The maximum absolute atomic E-state index is 5.74. The Kier molecular flexibility index (Phi) is 4.83. The highest BCUT2D eigenvalue weighted by Crippen LogP contribution is 2.21. The molecule has 1 heterocycles. The molecule has 0 radical (unpaired) electrons. The third-order valence-corrected chi connectivity index (χ3v) is 3.73. The van der Waals surface area contributed by atoms with Gasteiger partial charge >= 0.3 is 0 Å². The lowest BCUT2D eigenvalue weighted by Gasteiger charge is -2.37. The van der Waals surface area contributed by atoms with Gasteiger partial charge in [0.25, 0.3) is 0 Å². The summed E-state index contributed by atoms with van der Waals surface area (Å²) < 4.78 is 5.74. The molecule has 104 valence electrons. The molecule has 0 unspecified atom stereocenters. The minimum atomic E-state index is 0.235. The number of nitrogens with zero attached hydrogens (tertiary/aromatic N) is 2. The molecular formula is C13H26N4O. The van der Waals surface area contributed by atoms with Gasteiger partial charge in [0.2, 0.25) is 5.96 Å². The molecule has 2 aliphatic rings. The fraction of sp³-hybridized carbons (Fsp3) is 0.923. The number of morpholine rings is 1. The van der Waals surface area contributed by atoms with E-state index in [-0.39, 0.29) is 12.2 Å². The van der Waals surface area contributed by atoms with E-state index < -0.39 is 0 Å². The highest BCUT2D eigenvalue weighted by atomic mass is 16.5. The van der Waals surface area contributed by atoms with Crippen molar-refractivity contribution in [3.05, 3.63) is 0 Å². The molecule has 2 rings (SSSR count). The lowest BCUT2D eigenvalue weighted by atomic mass is 9.96. The van der Waals surface area contributed by atoms with Gasteiger partial charge in [0, 0.05) is 13.1 Å². The monoisotopic (exact) mass is 254 g/mol. The van der Waals surface area contributed by atoms with E-state index in [2.05, 4.69) is 24.2 Å². The zero-order valence-corrected chi connectivity index (χ0v) is 11.6. The topological polar surface area (TPSA) is 62.9 Å². The molecule has 0 spiro atoms. The maximum atomic E-state index is 5.74. The van der Waals surface area contributed by atoms with Crippen LogP contribution in [0.2, 0.25) is 0 Å². The van der Waals surface area contributed by atoms with E-state index in [0.717, 1.165) is 19.0 Å². The fourth-order valence-electron chi connectivity index (χ4n) is 2.94. The summed E-state index contributed by atoms with van der Waals surface area (Å²) in [5.74, 6) is 6.49. The molecular weight excluding hydrogens is 228 g/mol. The molecule has 0 amide bonds. The number of hydrogen-bond donors (Lipinski definition) is 2. The van der Waals surface area contributed by atoms with E-state index in [4.69, 9.17) is 15.6 Å².